The number of nitrogens with zero attached hydrogens (tertiary/aromatic N) is 1. The van der Waals surface area contributed by atoms with Gasteiger partial charge in [-0.1, -0.05) is 48.5 Å². The minimum atomic E-state index is -0.856. The molecule has 3 aliphatic rings. The van der Waals surface area contributed by atoms with Crippen LogP contribution in [0.1, 0.15) is 62.0 Å². The van der Waals surface area contributed by atoms with E-state index in [1.165, 1.54) is 22.3 Å². The molecule has 1 saturated carbocycles. The summed E-state index contributed by atoms with van der Waals surface area (Å²) < 4.78 is 5.67. The minimum Gasteiger partial charge on any atom is -0.481 e. The second-order valence-electron chi connectivity index (χ2n) is 9.94. The zero-order valence-corrected chi connectivity index (χ0v) is 19.8. The molecule has 1 saturated heterocycles. The molecule has 0 bridgehead atoms. The summed E-state index contributed by atoms with van der Waals surface area (Å²) in [5.74, 6) is -0.843. The molecule has 0 unspecified atom stereocenters. The highest BCUT2D eigenvalue weighted by Crippen LogP contribution is 2.44. The molecule has 1 aliphatic heterocycles. The third-order valence-corrected chi connectivity index (χ3v) is 7.81. The summed E-state index contributed by atoms with van der Waals surface area (Å²) in [7, 11) is 0. The Bertz CT molecular complexity index is 1060. The highest BCUT2D eigenvalue weighted by molar-refractivity contribution is 5.81. The predicted octanol–water partition coefficient (Wildman–Crippen LogP) is 4.55. The lowest BCUT2D eigenvalue weighted by Gasteiger charge is -2.33. The van der Waals surface area contributed by atoms with Crippen molar-refractivity contribution in [2.24, 2.45) is 5.92 Å². The maximum absolute atomic E-state index is 13.0. The fraction of sp³-hybridized carbons (Fsp3) is 0.464. The molecule has 2 amide bonds. The SMILES string of the molecule is O=C(O)C[C@@H]1CCCN1C(=O)C1CCC(NC(=O)OCC2c3ccccc3-c3ccccc32)CC1. The standard InChI is InChI=1S/C28H32N2O5/c31-26(32)16-20-6-5-15-30(20)27(33)18-11-13-19(14-12-18)29-28(34)35-17-25-23-9-3-1-7-21(23)22-8-2-4-10-24(22)25/h1-4,7-10,18-20,25H,5-6,11-17H2,(H,29,34)(H,31,32)/t18?,19?,20-/m0/s1. The predicted molar refractivity (Wildman–Crippen MR) is 131 cm³/mol. The summed E-state index contributed by atoms with van der Waals surface area (Å²) >= 11 is 0. The van der Waals surface area contributed by atoms with Crippen molar-refractivity contribution in [2.45, 2.75) is 62.9 Å². The van der Waals surface area contributed by atoms with E-state index >= 15 is 0 Å². The fourth-order valence-electron chi connectivity index (χ4n) is 6.07. The van der Waals surface area contributed by atoms with Gasteiger partial charge < -0.3 is 20.1 Å². The van der Waals surface area contributed by atoms with Gasteiger partial charge in [0.1, 0.15) is 6.61 Å². The zero-order chi connectivity index (χ0) is 24.4. The minimum absolute atomic E-state index is 0.0110. The van der Waals surface area contributed by atoms with E-state index in [0.717, 1.165) is 25.7 Å². The Morgan fingerprint density at radius 3 is 2.17 bits per heavy atom. The van der Waals surface area contributed by atoms with E-state index in [0.29, 0.717) is 19.4 Å². The van der Waals surface area contributed by atoms with Crippen molar-refractivity contribution in [1.82, 2.24) is 10.2 Å². The lowest BCUT2D eigenvalue weighted by molar-refractivity contribution is -0.141. The molecule has 35 heavy (non-hydrogen) atoms. The normalized spacial score (nSPS) is 23.4. The number of benzene rings is 2. The molecule has 184 valence electrons. The number of hydrogen-bond acceptors (Lipinski definition) is 4. The van der Waals surface area contributed by atoms with Gasteiger partial charge in [-0.05, 0) is 60.8 Å². The Morgan fingerprint density at radius 2 is 1.54 bits per heavy atom. The molecule has 1 atom stereocenters. The number of carbonyl (C=O) groups excluding carboxylic acids is 2. The Hall–Kier alpha value is -3.35. The number of ether oxygens (including phenoxy) is 1. The zero-order valence-electron chi connectivity index (χ0n) is 19.8. The van der Waals surface area contributed by atoms with Gasteiger partial charge in [-0.3, -0.25) is 9.59 Å². The Balaban J connectivity index is 1.11. The molecule has 0 aromatic heterocycles. The van der Waals surface area contributed by atoms with E-state index in [1.54, 1.807) is 4.90 Å². The van der Waals surface area contributed by atoms with Crippen LogP contribution in [0.5, 0.6) is 0 Å². The molecular formula is C28H32N2O5. The van der Waals surface area contributed by atoms with Crippen LogP contribution in [-0.2, 0) is 14.3 Å². The summed E-state index contributed by atoms with van der Waals surface area (Å²) in [4.78, 5) is 38.5. The fourth-order valence-corrected chi connectivity index (χ4v) is 6.07. The lowest BCUT2D eigenvalue weighted by Crippen LogP contribution is -2.44. The summed E-state index contributed by atoms with van der Waals surface area (Å²) in [5.41, 5.74) is 4.76. The maximum Gasteiger partial charge on any atom is 0.407 e. The first kappa shape index (κ1) is 23.4. The molecule has 2 N–H and O–H groups in total. The van der Waals surface area contributed by atoms with Gasteiger partial charge in [-0.2, -0.15) is 0 Å². The van der Waals surface area contributed by atoms with Crippen molar-refractivity contribution in [2.75, 3.05) is 13.2 Å². The highest BCUT2D eigenvalue weighted by atomic mass is 16.5. The van der Waals surface area contributed by atoms with Gasteiger partial charge in [-0.25, -0.2) is 4.79 Å². The van der Waals surface area contributed by atoms with Gasteiger partial charge in [0.05, 0.1) is 6.42 Å². The van der Waals surface area contributed by atoms with E-state index in [-0.39, 0.29) is 42.9 Å². The average molecular weight is 477 g/mol. The summed E-state index contributed by atoms with van der Waals surface area (Å²) in [6.45, 7) is 0.933. The van der Waals surface area contributed by atoms with Gasteiger partial charge in [-0.15, -0.1) is 0 Å². The lowest BCUT2D eigenvalue weighted by atomic mass is 9.85. The molecule has 2 aromatic rings. The summed E-state index contributed by atoms with van der Waals surface area (Å²) in [5, 5.41) is 12.1. The van der Waals surface area contributed by atoms with E-state index in [9.17, 15) is 14.4 Å². The number of alkyl carbamates (subject to hydrolysis) is 1. The number of rotatable bonds is 6. The second-order valence-corrected chi connectivity index (χ2v) is 9.94. The molecule has 2 aliphatic carbocycles. The number of nitrogens with one attached hydrogen (secondary N) is 1. The number of carboxylic acids is 1. The van der Waals surface area contributed by atoms with Crippen LogP contribution in [0, 0.1) is 5.92 Å². The third-order valence-electron chi connectivity index (χ3n) is 7.81. The summed E-state index contributed by atoms with van der Waals surface area (Å²) in [6.07, 6.45) is 4.06. The number of hydrogen-bond donors (Lipinski definition) is 2. The van der Waals surface area contributed by atoms with Crippen molar-refractivity contribution < 1.29 is 24.2 Å². The van der Waals surface area contributed by atoms with Crippen LogP contribution >= 0.6 is 0 Å². The van der Waals surface area contributed by atoms with Gasteiger partial charge in [0.25, 0.3) is 0 Å². The molecular weight excluding hydrogens is 444 g/mol. The molecule has 1 heterocycles. The van der Waals surface area contributed by atoms with Crippen molar-refractivity contribution in [1.29, 1.82) is 0 Å². The molecule has 2 aromatic carbocycles. The number of likely N-dealkylation sites (tertiary alicyclic amines) is 1. The van der Waals surface area contributed by atoms with Crippen molar-refractivity contribution in [3.8, 4) is 11.1 Å². The first-order chi connectivity index (χ1) is 17.0. The molecule has 5 rings (SSSR count). The number of fused-ring (bicyclic) bond motifs is 3. The first-order valence-corrected chi connectivity index (χ1v) is 12.6. The van der Waals surface area contributed by atoms with E-state index in [4.69, 9.17) is 9.84 Å². The third kappa shape index (κ3) is 4.90. The topological polar surface area (TPSA) is 95.9 Å². The van der Waals surface area contributed by atoms with Gasteiger partial charge in [0.15, 0.2) is 0 Å². The Labute approximate surface area is 205 Å². The summed E-state index contributed by atoms with van der Waals surface area (Å²) in [6, 6.07) is 16.3. The van der Waals surface area contributed by atoms with Gasteiger partial charge in [0, 0.05) is 30.5 Å². The van der Waals surface area contributed by atoms with E-state index in [1.807, 2.05) is 24.3 Å². The van der Waals surface area contributed by atoms with Crippen molar-refractivity contribution in [3.05, 3.63) is 59.7 Å². The van der Waals surface area contributed by atoms with Crippen molar-refractivity contribution in [3.63, 3.8) is 0 Å². The molecule has 0 spiro atoms. The number of carboxylic acid groups (broad SMARTS) is 1. The van der Waals surface area contributed by atoms with Crippen molar-refractivity contribution >= 4 is 18.0 Å². The first-order valence-electron chi connectivity index (χ1n) is 12.6. The molecule has 2 fully saturated rings. The Kier molecular flexibility index (Phi) is 6.75. The number of amides is 2. The van der Waals surface area contributed by atoms with Crippen LogP contribution in [-0.4, -0.2) is 53.2 Å². The largest absolute Gasteiger partial charge is 0.481 e. The van der Waals surface area contributed by atoms with Crippen LogP contribution in [0.15, 0.2) is 48.5 Å². The maximum atomic E-state index is 13.0. The molecule has 0 radical (unpaired) electrons. The highest BCUT2D eigenvalue weighted by Gasteiger charge is 2.36. The second kappa shape index (κ2) is 10.1. The monoisotopic (exact) mass is 476 g/mol. The van der Waals surface area contributed by atoms with Crippen LogP contribution in [0.3, 0.4) is 0 Å². The number of carbonyl (C=O) groups is 3. The number of aliphatic carboxylic acids is 1. The quantitative estimate of drug-likeness (QED) is 0.638. The average Bonchev–Trinajstić information content (AvgIpc) is 3.45. The Morgan fingerprint density at radius 1 is 0.914 bits per heavy atom. The molecule has 7 nitrogen and oxygen atoms in total. The van der Waals surface area contributed by atoms with Crippen LogP contribution in [0.4, 0.5) is 4.79 Å². The molecule has 7 heteroatoms. The van der Waals surface area contributed by atoms with Crippen LogP contribution in [0.2, 0.25) is 0 Å². The van der Waals surface area contributed by atoms with Crippen LogP contribution in [0.25, 0.3) is 11.1 Å². The van der Waals surface area contributed by atoms with E-state index < -0.39 is 12.1 Å². The van der Waals surface area contributed by atoms with Gasteiger partial charge >= 0.3 is 12.1 Å². The van der Waals surface area contributed by atoms with E-state index in [2.05, 4.69) is 29.6 Å². The van der Waals surface area contributed by atoms with Crippen LogP contribution < -0.4 is 5.32 Å². The smallest absolute Gasteiger partial charge is 0.407 e. The van der Waals surface area contributed by atoms with Gasteiger partial charge in [0.2, 0.25) is 5.91 Å².